The minimum absolute atomic E-state index is 0.187. The zero-order valence-corrected chi connectivity index (χ0v) is 11.1. The number of ether oxygens (including phenoxy) is 1. The topological polar surface area (TPSA) is 26.3 Å². The molecule has 0 radical (unpaired) electrons. The third-order valence-electron chi connectivity index (χ3n) is 2.52. The van der Waals surface area contributed by atoms with Crippen molar-refractivity contribution in [3.8, 4) is 0 Å². The first-order valence-electron chi connectivity index (χ1n) is 6.52. The predicted octanol–water partition coefficient (Wildman–Crippen LogP) is 4.25. The van der Waals surface area contributed by atoms with Crippen molar-refractivity contribution in [3.63, 3.8) is 0 Å². The number of hydrogen-bond acceptors (Lipinski definition) is 2. The summed E-state index contributed by atoms with van der Waals surface area (Å²) in [6, 6.07) is 0. The number of carbonyl (C=O) groups excluding carboxylic acids is 1. The van der Waals surface area contributed by atoms with E-state index in [9.17, 15) is 4.79 Å². The van der Waals surface area contributed by atoms with Gasteiger partial charge in [-0.05, 0) is 24.8 Å². The Morgan fingerprint density at radius 2 is 1.88 bits per heavy atom. The second kappa shape index (κ2) is 10.7. The van der Waals surface area contributed by atoms with Crippen LogP contribution in [0.5, 0.6) is 0 Å². The molecule has 0 aliphatic rings. The van der Waals surface area contributed by atoms with Gasteiger partial charge in [-0.2, -0.15) is 0 Å². The molecule has 0 aromatic carbocycles. The molecule has 0 atom stereocenters. The molecule has 0 heterocycles. The normalized spacial score (nSPS) is 11.6. The molecule has 0 fully saturated rings. The standard InChI is InChI=1S/C14H26O2/c1-4-6-7-8-9-11-14(10-5-2)12-16-13(3)15/h11H,4-10,12H2,1-3H3/b14-11+. The Morgan fingerprint density at radius 1 is 1.12 bits per heavy atom. The highest BCUT2D eigenvalue weighted by atomic mass is 16.5. The van der Waals surface area contributed by atoms with Crippen LogP contribution in [-0.2, 0) is 9.53 Å². The van der Waals surface area contributed by atoms with Crippen molar-refractivity contribution < 1.29 is 9.53 Å². The second-order valence-electron chi connectivity index (χ2n) is 4.24. The van der Waals surface area contributed by atoms with Crippen LogP contribution in [0.2, 0.25) is 0 Å². The van der Waals surface area contributed by atoms with Crippen LogP contribution in [0.15, 0.2) is 11.6 Å². The van der Waals surface area contributed by atoms with Crippen molar-refractivity contribution >= 4 is 5.97 Å². The summed E-state index contributed by atoms with van der Waals surface area (Å²) in [5, 5.41) is 0. The van der Waals surface area contributed by atoms with Crippen molar-refractivity contribution in [2.45, 2.75) is 65.7 Å². The van der Waals surface area contributed by atoms with E-state index in [2.05, 4.69) is 19.9 Å². The van der Waals surface area contributed by atoms with Crippen molar-refractivity contribution in [3.05, 3.63) is 11.6 Å². The Bertz CT molecular complexity index is 207. The summed E-state index contributed by atoms with van der Waals surface area (Å²) in [6.45, 7) is 6.32. The number of hydrogen-bond donors (Lipinski definition) is 0. The summed E-state index contributed by atoms with van der Waals surface area (Å²) in [4.78, 5) is 10.7. The Morgan fingerprint density at radius 3 is 2.44 bits per heavy atom. The van der Waals surface area contributed by atoms with E-state index >= 15 is 0 Å². The average Bonchev–Trinajstić information content (AvgIpc) is 2.25. The largest absolute Gasteiger partial charge is 0.461 e. The van der Waals surface area contributed by atoms with Gasteiger partial charge in [0.15, 0.2) is 0 Å². The van der Waals surface area contributed by atoms with Gasteiger partial charge in [0.25, 0.3) is 0 Å². The predicted molar refractivity (Wildman–Crippen MR) is 68.4 cm³/mol. The van der Waals surface area contributed by atoms with Gasteiger partial charge in [-0.25, -0.2) is 0 Å². The van der Waals surface area contributed by atoms with E-state index in [1.807, 2.05) is 0 Å². The fourth-order valence-corrected chi connectivity index (χ4v) is 1.63. The zero-order valence-electron chi connectivity index (χ0n) is 11.1. The molecule has 2 nitrogen and oxygen atoms in total. The van der Waals surface area contributed by atoms with Gasteiger partial charge < -0.3 is 4.74 Å². The first-order valence-corrected chi connectivity index (χ1v) is 6.52. The monoisotopic (exact) mass is 226 g/mol. The number of esters is 1. The van der Waals surface area contributed by atoms with Gasteiger partial charge in [0.05, 0.1) is 0 Å². The lowest BCUT2D eigenvalue weighted by molar-refractivity contribution is -0.140. The van der Waals surface area contributed by atoms with Gasteiger partial charge in [-0.3, -0.25) is 4.79 Å². The molecule has 0 bridgehead atoms. The maximum atomic E-state index is 10.7. The fraction of sp³-hybridized carbons (Fsp3) is 0.786. The molecule has 94 valence electrons. The number of rotatable bonds is 9. The first kappa shape index (κ1) is 15.2. The quantitative estimate of drug-likeness (QED) is 0.334. The van der Waals surface area contributed by atoms with Crippen LogP contribution in [0.25, 0.3) is 0 Å². The minimum Gasteiger partial charge on any atom is -0.461 e. The molecule has 0 saturated carbocycles. The van der Waals surface area contributed by atoms with Gasteiger partial charge >= 0.3 is 5.97 Å². The summed E-state index contributed by atoms with van der Waals surface area (Å²) < 4.78 is 5.03. The lowest BCUT2D eigenvalue weighted by atomic mass is 10.1. The molecule has 0 saturated heterocycles. The molecule has 0 rings (SSSR count). The van der Waals surface area contributed by atoms with E-state index < -0.39 is 0 Å². The van der Waals surface area contributed by atoms with Crippen molar-refractivity contribution in [1.29, 1.82) is 0 Å². The fourth-order valence-electron chi connectivity index (χ4n) is 1.63. The molecule has 0 N–H and O–H groups in total. The molecule has 0 aliphatic heterocycles. The van der Waals surface area contributed by atoms with Crippen LogP contribution in [0.4, 0.5) is 0 Å². The lowest BCUT2D eigenvalue weighted by Gasteiger charge is -2.06. The summed E-state index contributed by atoms with van der Waals surface area (Å²) in [6.07, 6.45) is 10.7. The van der Waals surface area contributed by atoms with E-state index in [1.165, 1.54) is 38.2 Å². The van der Waals surface area contributed by atoms with Crippen LogP contribution in [-0.4, -0.2) is 12.6 Å². The number of unbranched alkanes of at least 4 members (excludes halogenated alkanes) is 4. The molecule has 0 unspecified atom stereocenters. The van der Waals surface area contributed by atoms with Crippen LogP contribution in [0.3, 0.4) is 0 Å². The van der Waals surface area contributed by atoms with Crippen molar-refractivity contribution in [2.24, 2.45) is 0 Å². The molecule has 0 amide bonds. The molecular weight excluding hydrogens is 200 g/mol. The second-order valence-corrected chi connectivity index (χ2v) is 4.24. The van der Waals surface area contributed by atoms with Gasteiger partial charge in [0.2, 0.25) is 0 Å². The number of carbonyl (C=O) groups is 1. The summed E-state index contributed by atoms with van der Waals surface area (Å²) >= 11 is 0. The summed E-state index contributed by atoms with van der Waals surface area (Å²) in [5.41, 5.74) is 1.27. The SMILES string of the molecule is CCCCCC/C=C(\CCC)COC(C)=O. The highest BCUT2D eigenvalue weighted by Crippen LogP contribution is 2.10. The van der Waals surface area contributed by atoms with Gasteiger partial charge in [-0.1, -0.05) is 45.6 Å². The Balaban J connectivity index is 3.79. The molecule has 0 aromatic heterocycles. The van der Waals surface area contributed by atoms with Gasteiger partial charge in [0.1, 0.15) is 6.61 Å². The molecule has 16 heavy (non-hydrogen) atoms. The van der Waals surface area contributed by atoms with Crippen LogP contribution < -0.4 is 0 Å². The molecule has 2 heteroatoms. The van der Waals surface area contributed by atoms with E-state index in [0.717, 1.165) is 19.3 Å². The van der Waals surface area contributed by atoms with Crippen molar-refractivity contribution in [1.82, 2.24) is 0 Å². The number of allylic oxidation sites excluding steroid dienone is 1. The van der Waals surface area contributed by atoms with Gasteiger partial charge in [0, 0.05) is 6.92 Å². The Labute approximate surface area is 100 Å². The van der Waals surface area contributed by atoms with Crippen molar-refractivity contribution in [2.75, 3.05) is 6.61 Å². The van der Waals surface area contributed by atoms with Crippen LogP contribution >= 0.6 is 0 Å². The third kappa shape index (κ3) is 9.75. The molecular formula is C14H26O2. The van der Waals surface area contributed by atoms with E-state index in [0.29, 0.717) is 6.61 Å². The lowest BCUT2D eigenvalue weighted by Crippen LogP contribution is -2.03. The summed E-state index contributed by atoms with van der Waals surface area (Å²) in [7, 11) is 0. The average molecular weight is 226 g/mol. The zero-order chi connectivity index (χ0) is 12.2. The van der Waals surface area contributed by atoms with E-state index in [-0.39, 0.29) is 5.97 Å². The highest BCUT2D eigenvalue weighted by molar-refractivity contribution is 5.66. The smallest absolute Gasteiger partial charge is 0.302 e. The van der Waals surface area contributed by atoms with Gasteiger partial charge in [-0.15, -0.1) is 0 Å². The Kier molecular flexibility index (Phi) is 10.2. The van der Waals surface area contributed by atoms with E-state index in [1.54, 1.807) is 0 Å². The summed E-state index contributed by atoms with van der Waals surface area (Å²) in [5.74, 6) is -0.187. The maximum absolute atomic E-state index is 10.7. The Hall–Kier alpha value is -0.790. The first-order chi connectivity index (χ1) is 7.70. The maximum Gasteiger partial charge on any atom is 0.302 e. The van der Waals surface area contributed by atoms with Crippen LogP contribution in [0, 0.1) is 0 Å². The third-order valence-corrected chi connectivity index (χ3v) is 2.52. The molecule has 0 spiro atoms. The van der Waals surface area contributed by atoms with E-state index in [4.69, 9.17) is 4.74 Å². The minimum atomic E-state index is -0.187. The molecule has 0 aliphatic carbocycles. The van der Waals surface area contributed by atoms with Crippen LogP contribution in [0.1, 0.15) is 65.7 Å². The molecule has 0 aromatic rings. The highest BCUT2D eigenvalue weighted by Gasteiger charge is 1.99.